The molecule has 3 N–H and O–H groups in total. The molecular weight excluding hydrogens is 499 g/mol. The van der Waals surface area contributed by atoms with Crippen molar-refractivity contribution in [3.05, 3.63) is 95.0 Å². The lowest BCUT2D eigenvalue weighted by molar-refractivity contribution is -0.131. The molecule has 2 aromatic carbocycles. The standard InChI is InChI=1S/C28H28F3N3O4/c1-17-23(22(37-3)15-33-2)27(36)25(35)21(14-34-16-26(29,30)31)24(19-7-5-4-6-8-19)28(27,38-17)20-11-9-18(13-32)10-12-20/h4-12,15,21,24-25,34-36H,1,14,16H2,2-3H3/b23-22-,33-15?/t21-,24-,25-,27+,28+/m1/s1. The Morgan fingerprint density at radius 1 is 1.24 bits per heavy atom. The summed E-state index contributed by atoms with van der Waals surface area (Å²) in [5.74, 6) is -1.68. The Hall–Kier alpha value is -3.65. The molecular formula is C28H28F3N3O4. The number of alkyl halides is 3. The molecule has 10 heteroatoms. The number of rotatable bonds is 7. The molecule has 200 valence electrons. The van der Waals surface area contributed by atoms with E-state index in [0.717, 1.165) is 0 Å². The maximum atomic E-state index is 13.0. The Kier molecular flexibility index (Phi) is 7.39. The molecule has 4 rings (SSSR count). The summed E-state index contributed by atoms with van der Waals surface area (Å²) in [6, 6.07) is 17.2. The number of nitrogens with zero attached hydrogens (tertiary/aromatic N) is 2. The van der Waals surface area contributed by atoms with E-state index in [1.165, 1.54) is 20.4 Å². The van der Waals surface area contributed by atoms with Gasteiger partial charge in [0.25, 0.3) is 0 Å². The maximum Gasteiger partial charge on any atom is 0.401 e. The number of ether oxygens (including phenoxy) is 2. The smallest absolute Gasteiger partial charge is 0.401 e. The van der Waals surface area contributed by atoms with Crippen molar-refractivity contribution < 1.29 is 32.9 Å². The topological polar surface area (TPSA) is 107 Å². The fourth-order valence-corrected chi connectivity index (χ4v) is 5.85. The molecule has 0 unspecified atom stereocenters. The van der Waals surface area contributed by atoms with Crippen LogP contribution in [0.2, 0.25) is 0 Å². The van der Waals surface area contributed by atoms with Crippen molar-refractivity contribution in [2.45, 2.75) is 29.4 Å². The fourth-order valence-electron chi connectivity index (χ4n) is 5.85. The average Bonchev–Trinajstić information content (AvgIpc) is 3.23. The highest BCUT2D eigenvalue weighted by Crippen LogP contribution is 2.67. The third-order valence-electron chi connectivity index (χ3n) is 7.23. The minimum Gasteiger partial charge on any atom is -0.495 e. The van der Waals surface area contributed by atoms with Crippen LogP contribution in [0.4, 0.5) is 13.2 Å². The number of halogens is 3. The minimum atomic E-state index is -4.47. The SMILES string of the molecule is C=C1O[C@@]2(c3ccc(C#N)cc3)[C@H](c3ccccc3)[C@@H](CNCC(F)(F)F)[C@@H](O)[C@@]2(O)/C1=C(/C=NC)OC. The van der Waals surface area contributed by atoms with Crippen LogP contribution in [0.3, 0.4) is 0 Å². The number of aliphatic hydroxyl groups is 2. The summed E-state index contributed by atoms with van der Waals surface area (Å²) < 4.78 is 51.1. The zero-order valence-electron chi connectivity index (χ0n) is 20.9. The molecule has 38 heavy (non-hydrogen) atoms. The van der Waals surface area contributed by atoms with Crippen LogP contribution < -0.4 is 5.32 Å². The first-order valence-electron chi connectivity index (χ1n) is 11.9. The van der Waals surface area contributed by atoms with Crippen LogP contribution in [0.5, 0.6) is 0 Å². The first-order valence-corrected chi connectivity index (χ1v) is 11.9. The Morgan fingerprint density at radius 2 is 1.89 bits per heavy atom. The van der Waals surface area contributed by atoms with E-state index in [9.17, 15) is 28.6 Å². The summed E-state index contributed by atoms with van der Waals surface area (Å²) in [5, 5.41) is 36.2. The minimum absolute atomic E-state index is 0.0234. The Bertz CT molecular complexity index is 1290. The third-order valence-corrected chi connectivity index (χ3v) is 7.23. The molecule has 1 aliphatic carbocycles. The van der Waals surface area contributed by atoms with E-state index in [-0.39, 0.29) is 23.6 Å². The van der Waals surface area contributed by atoms with E-state index in [2.05, 4.69) is 16.9 Å². The molecule has 1 heterocycles. The molecule has 1 saturated carbocycles. The molecule has 0 bridgehead atoms. The van der Waals surface area contributed by atoms with Gasteiger partial charge in [-0.3, -0.25) is 4.99 Å². The number of hydrogen-bond acceptors (Lipinski definition) is 7. The van der Waals surface area contributed by atoms with Crippen molar-refractivity contribution in [3.8, 4) is 6.07 Å². The van der Waals surface area contributed by atoms with Crippen molar-refractivity contribution in [1.29, 1.82) is 5.26 Å². The fraction of sp³-hybridized carbons (Fsp3) is 0.357. The zero-order valence-corrected chi connectivity index (χ0v) is 20.9. The van der Waals surface area contributed by atoms with E-state index in [1.807, 2.05) is 6.07 Å². The lowest BCUT2D eigenvalue weighted by Crippen LogP contribution is -2.53. The van der Waals surface area contributed by atoms with Crippen molar-refractivity contribution in [3.63, 3.8) is 0 Å². The first-order chi connectivity index (χ1) is 18.0. The van der Waals surface area contributed by atoms with E-state index >= 15 is 0 Å². The summed E-state index contributed by atoms with van der Waals surface area (Å²) in [6.45, 7) is 2.43. The summed E-state index contributed by atoms with van der Waals surface area (Å²) in [7, 11) is 2.86. The monoisotopic (exact) mass is 527 g/mol. The molecule has 2 fully saturated rings. The zero-order chi connectivity index (χ0) is 27.7. The summed E-state index contributed by atoms with van der Waals surface area (Å²) >= 11 is 0. The van der Waals surface area contributed by atoms with E-state index in [4.69, 9.17) is 9.47 Å². The van der Waals surface area contributed by atoms with Gasteiger partial charge in [-0.1, -0.05) is 49.0 Å². The van der Waals surface area contributed by atoms with Crippen LogP contribution >= 0.6 is 0 Å². The van der Waals surface area contributed by atoms with Crippen LogP contribution in [0, 0.1) is 17.2 Å². The first kappa shape index (κ1) is 27.4. The second-order valence-electron chi connectivity index (χ2n) is 9.29. The molecule has 0 spiro atoms. The quantitative estimate of drug-likeness (QED) is 0.376. The highest BCUT2D eigenvalue weighted by atomic mass is 19.4. The van der Waals surface area contributed by atoms with Gasteiger partial charge in [-0.05, 0) is 23.3 Å². The van der Waals surface area contributed by atoms with Gasteiger partial charge in [0.15, 0.2) is 11.2 Å². The van der Waals surface area contributed by atoms with Crippen molar-refractivity contribution in [2.24, 2.45) is 10.9 Å². The predicted octanol–water partition coefficient (Wildman–Crippen LogP) is 3.56. The van der Waals surface area contributed by atoms with Crippen LogP contribution in [0.25, 0.3) is 0 Å². The van der Waals surface area contributed by atoms with Gasteiger partial charge in [0, 0.05) is 25.4 Å². The van der Waals surface area contributed by atoms with Crippen LogP contribution in [-0.2, 0) is 15.1 Å². The van der Waals surface area contributed by atoms with E-state index in [1.54, 1.807) is 54.6 Å². The molecule has 2 aliphatic rings. The van der Waals surface area contributed by atoms with Gasteiger partial charge >= 0.3 is 6.18 Å². The molecule has 0 amide bonds. The number of allylic oxidation sites excluding steroid dienone is 1. The maximum absolute atomic E-state index is 13.0. The second kappa shape index (κ2) is 10.3. The van der Waals surface area contributed by atoms with Crippen LogP contribution in [0.15, 0.2) is 83.3 Å². The molecule has 0 aromatic heterocycles. The molecule has 5 atom stereocenters. The lowest BCUT2D eigenvalue weighted by atomic mass is 9.70. The van der Waals surface area contributed by atoms with Gasteiger partial charge in [-0.2, -0.15) is 18.4 Å². The Morgan fingerprint density at radius 3 is 2.45 bits per heavy atom. The number of nitrogens with one attached hydrogen (secondary N) is 1. The normalized spacial score (nSPS) is 30.2. The van der Waals surface area contributed by atoms with Crippen LogP contribution in [0.1, 0.15) is 22.6 Å². The molecule has 1 aliphatic heterocycles. The number of methoxy groups -OCH3 is 1. The predicted molar refractivity (Wildman–Crippen MR) is 134 cm³/mol. The number of benzene rings is 2. The van der Waals surface area contributed by atoms with Crippen molar-refractivity contribution in [1.82, 2.24) is 5.32 Å². The van der Waals surface area contributed by atoms with Crippen molar-refractivity contribution >= 4 is 6.21 Å². The molecule has 0 radical (unpaired) electrons. The summed E-state index contributed by atoms with van der Waals surface area (Å²) in [6.07, 6.45) is -4.75. The largest absolute Gasteiger partial charge is 0.495 e. The average molecular weight is 528 g/mol. The summed E-state index contributed by atoms with van der Waals surface area (Å²) in [5.41, 5.74) is -2.51. The van der Waals surface area contributed by atoms with E-state index < -0.39 is 41.9 Å². The summed E-state index contributed by atoms with van der Waals surface area (Å²) in [4.78, 5) is 3.98. The van der Waals surface area contributed by atoms with Gasteiger partial charge in [0.05, 0.1) is 43.2 Å². The van der Waals surface area contributed by atoms with Gasteiger partial charge in [0.1, 0.15) is 11.5 Å². The van der Waals surface area contributed by atoms with Gasteiger partial charge in [0.2, 0.25) is 0 Å². The van der Waals surface area contributed by atoms with Crippen LogP contribution in [-0.4, -0.2) is 61.6 Å². The number of aliphatic imine (C=N–C) groups is 1. The second-order valence-corrected chi connectivity index (χ2v) is 9.29. The number of nitriles is 1. The highest BCUT2D eigenvalue weighted by Gasteiger charge is 2.77. The number of aliphatic hydroxyl groups excluding tert-OH is 1. The van der Waals surface area contributed by atoms with Gasteiger partial charge in [-0.25, -0.2) is 0 Å². The van der Waals surface area contributed by atoms with Gasteiger partial charge < -0.3 is 25.0 Å². The number of fused-ring (bicyclic) bond motifs is 1. The molecule has 7 nitrogen and oxygen atoms in total. The van der Waals surface area contributed by atoms with Crippen molar-refractivity contribution in [2.75, 3.05) is 27.2 Å². The Labute approximate surface area is 218 Å². The molecule has 1 saturated heterocycles. The third kappa shape index (κ3) is 4.26. The molecule has 2 aromatic rings. The van der Waals surface area contributed by atoms with E-state index in [0.29, 0.717) is 16.7 Å². The highest BCUT2D eigenvalue weighted by molar-refractivity contribution is 5.80. The number of hydrogen-bond donors (Lipinski definition) is 3. The van der Waals surface area contributed by atoms with Gasteiger partial charge in [-0.15, -0.1) is 0 Å². The Balaban J connectivity index is 2.02. The lowest BCUT2D eigenvalue weighted by Gasteiger charge is -2.40.